The Morgan fingerprint density at radius 3 is 2.30 bits per heavy atom. The first-order valence-corrected chi connectivity index (χ1v) is 21.8. The van der Waals surface area contributed by atoms with Crippen LogP contribution in [0.4, 0.5) is 0 Å². The van der Waals surface area contributed by atoms with E-state index in [1.54, 1.807) is 11.6 Å². The highest BCUT2D eigenvalue weighted by atomic mass is 28.4. The number of rotatable bonds is 20. The van der Waals surface area contributed by atoms with Crippen LogP contribution in [0.25, 0.3) is 0 Å². The number of aliphatic carboxylic acids is 1. The third-order valence-electron chi connectivity index (χ3n) is 9.87. The first-order chi connectivity index (χ1) is 18.8. The van der Waals surface area contributed by atoms with Crippen molar-refractivity contribution in [1.29, 1.82) is 0 Å². The van der Waals surface area contributed by atoms with Crippen LogP contribution in [0.3, 0.4) is 0 Å². The number of hydrogen-bond acceptors (Lipinski definition) is 3. The number of carbonyl (C=O) groups is 1. The second-order valence-electron chi connectivity index (χ2n) is 13.7. The van der Waals surface area contributed by atoms with Gasteiger partial charge in [-0.2, -0.15) is 0 Å². The lowest BCUT2D eigenvalue weighted by Gasteiger charge is -2.41. The van der Waals surface area contributed by atoms with Gasteiger partial charge in [-0.1, -0.05) is 86.3 Å². The maximum atomic E-state index is 10.8. The molecule has 4 atom stereocenters. The Kier molecular flexibility index (Phi) is 16.6. The largest absolute Gasteiger partial charge is 0.481 e. The predicted molar refractivity (Wildman–Crippen MR) is 177 cm³/mol. The summed E-state index contributed by atoms with van der Waals surface area (Å²) in [5.41, 5.74) is 4.64. The van der Waals surface area contributed by atoms with Gasteiger partial charge in [0.25, 0.3) is 0 Å². The lowest BCUT2D eigenvalue weighted by atomic mass is 9.88. The molecule has 1 N–H and O–H groups in total. The van der Waals surface area contributed by atoms with Crippen molar-refractivity contribution in [1.82, 2.24) is 0 Å². The van der Waals surface area contributed by atoms with E-state index in [2.05, 4.69) is 80.3 Å². The topological polar surface area (TPSA) is 55.8 Å². The first kappa shape index (κ1) is 37.1. The number of hydrogen-bond donors (Lipinski definition) is 1. The Morgan fingerprint density at radius 2 is 1.75 bits per heavy atom. The molecular formula is C34H64O4Si2. The number of unbranched alkanes of at least 4 members (excludes halogenated alkanes) is 2. The van der Waals surface area contributed by atoms with Crippen LogP contribution in [-0.2, 0) is 13.6 Å². The van der Waals surface area contributed by atoms with Gasteiger partial charge in [0.1, 0.15) is 0 Å². The van der Waals surface area contributed by atoms with Gasteiger partial charge >= 0.3 is 5.97 Å². The number of carboxylic acids is 1. The van der Waals surface area contributed by atoms with Crippen LogP contribution in [0.5, 0.6) is 0 Å². The van der Waals surface area contributed by atoms with Gasteiger partial charge < -0.3 is 14.0 Å². The van der Waals surface area contributed by atoms with Crippen molar-refractivity contribution in [3.8, 4) is 0 Å². The lowest BCUT2D eigenvalue weighted by molar-refractivity contribution is -0.136. The van der Waals surface area contributed by atoms with E-state index in [0.29, 0.717) is 17.9 Å². The molecule has 1 aliphatic carbocycles. The summed E-state index contributed by atoms with van der Waals surface area (Å²) in [6, 6.07) is 3.52. The molecule has 0 aromatic heterocycles. The van der Waals surface area contributed by atoms with Crippen molar-refractivity contribution >= 4 is 22.6 Å². The Morgan fingerprint density at radius 1 is 1.10 bits per heavy atom. The summed E-state index contributed by atoms with van der Waals surface area (Å²) >= 11 is 0. The molecule has 0 amide bonds. The van der Waals surface area contributed by atoms with Crippen LogP contribution in [0.15, 0.2) is 29.5 Å². The molecule has 6 heteroatoms. The van der Waals surface area contributed by atoms with Crippen LogP contribution >= 0.6 is 0 Å². The fourth-order valence-electron chi connectivity index (χ4n) is 5.73. The Balaban J connectivity index is 3.10. The second kappa shape index (κ2) is 17.9. The summed E-state index contributed by atoms with van der Waals surface area (Å²) in [6.07, 6.45) is 16.9. The SMILES string of the molecule is CCCCCC(C)C(CCC1=CC[C@H](O[Si](CC)(CC)CC)[C@@H]1CCC=C=CCC(=O)O)O[Si](C)(C)C(C)(C)C. The molecule has 2 unspecified atom stereocenters. The minimum atomic E-state index is -1.87. The van der Waals surface area contributed by atoms with E-state index in [-0.39, 0.29) is 17.6 Å². The van der Waals surface area contributed by atoms with Crippen molar-refractivity contribution in [3.05, 3.63) is 29.5 Å². The molecule has 0 radical (unpaired) electrons. The van der Waals surface area contributed by atoms with Crippen molar-refractivity contribution in [3.63, 3.8) is 0 Å². The molecule has 4 nitrogen and oxygen atoms in total. The maximum absolute atomic E-state index is 10.8. The first-order valence-electron chi connectivity index (χ1n) is 16.4. The molecule has 232 valence electrons. The lowest BCUT2D eigenvalue weighted by Crippen LogP contribution is -2.45. The summed E-state index contributed by atoms with van der Waals surface area (Å²) in [6.45, 7) is 23.5. The molecule has 1 rings (SSSR count). The monoisotopic (exact) mass is 592 g/mol. The van der Waals surface area contributed by atoms with Gasteiger partial charge in [0.2, 0.25) is 0 Å². The van der Waals surface area contributed by atoms with Crippen molar-refractivity contribution in [2.24, 2.45) is 11.8 Å². The van der Waals surface area contributed by atoms with E-state index in [4.69, 9.17) is 14.0 Å². The quantitative estimate of drug-likeness (QED) is 0.0661. The van der Waals surface area contributed by atoms with Crippen molar-refractivity contribution < 1.29 is 18.8 Å². The fourth-order valence-corrected chi connectivity index (χ4v) is 10.1. The standard InChI is InChI=1S/C34H64O4Si2/c1-11-15-18-21-28(5)31(37-39(9,10)34(6,7)8)26-24-29-25-27-32(38-40(12-2,13-3)14-4)30(29)22-19-16-17-20-23-33(35)36/h16,20,25,28,30-32H,11-15,18-19,21-24,26-27H2,1-10H3,(H,35,36)/t17?,28?,30-,31?,32+/m1/s1. The zero-order chi connectivity index (χ0) is 30.4. The summed E-state index contributed by atoms with van der Waals surface area (Å²) in [4.78, 5) is 10.8. The summed E-state index contributed by atoms with van der Waals surface area (Å²) < 4.78 is 14.2. The summed E-state index contributed by atoms with van der Waals surface area (Å²) in [5.74, 6) is 0.183. The smallest absolute Gasteiger partial charge is 0.307 e. The third-order valence-corrected chi connectivity index (χ3v) is 19.0. The van der Waals surface area contributed by atoms with Crippen LogP contribution in [-0.4, -0.2) is 39.9 Å². The van der Waals surface area contributed by atoms with Gasteiger partial charge in [-0.25, -0.2) is 0 Å². The van der Waals surface area contributed by atoms with E-state index in [0.717, 1.165) is 32.1 Å². The highest BCUT2D eigenvalue weighted by Gasteiger charge is 2.41. The van der Waals surface area contributed by atoms with Gasteiger partial charge in [0.05, 0.1) is 12.5 Å². The normalized spacial score (nSPS) is 19.6. The Bertz CT molecular complexity index is 823. The molecule has 0 saturated heterocycles. The third kappa shape index (κ3) is 12.1. The zero-order valence-electron chi connectivity index (χ0n) is 27.9. The van der Waals surface area contributed by atoms with E-state index in [1.807, 2.05) is 6.08 Å². The molecule has 1 aliphatic rings. The van der Waals surface area contributed by atoms with E-state index < -0.39 is 22.6 Å². The van der Waals surface area contributed by atoms with Gasteiger partial charge in [0.15, 0.2) is 16.6 Å². The van der Waals surface area contributed by atoms with Gasteiger partial charge in [-0.05, 0) is 92.9 Å². The molecule has 40 heavy (non-hydrogen) atoms. The average molecular weight is 593 g/mol. The van der Waals surface area contributed by atoms with Crippen LogP contribution in [0.2, 0.25) is 36.3 Å². The van der Waals surface area contributed by atoms with Crippen molar-refractivity contribution in [2.45, 2.75) is 168 Å². The van der Waals surface area contributed by atoms with Crippen LogP contribution in [0.1, 0.15) is 120 Å². The molecule has 0 heterocycles. The number of carboxylic acid groups (broad SMARTS) is 1. The van der Waals surface area contributed by atoms with Crippen molar-refractivity contribution in [2.75, 3.05) is 0 Å². The second-order valence-corrected chi connectivity index (χ2v) is 23.2. The molecule has 0 spiro atoms. The Hall–Kier alpha value is -0.916. The summed E-state index contributed by atoms with van der Waals surface area (Å²) in [7, 11) is -3.58. The van der Waals surface area contributed by atoms with Gasteiger partial charge in [0, 0.05) is 12.0 Å². The van der Waals surface area contributed by atoms with E-state index >= 15 is 0 Å². The highest BCUT2D eigenvalue weighted by molar-refractivity contribution is 6.74. The summed E-state index contributed by atoms with van der Waals surface area (Å²) in [5, 5.41) is 9.10. The van der Waals surface area contributed by atoms with Crippen LogP contribution in [0, 0.1) is 11.8 Å². The minimum absolute atomic E-state index is 0.0283. The molecule has 0 fully saturated rings. The minimum Gasteiger partial charge on any atom is -0.481 e. The zero-order valence-corrected chi connectivity index (χ0v) is 29.9. The Labute approximate surface area is 250 Å². The van der Waals surface area contributed by atoms with Gasteiger partial charge in [-0.3, -0.25) is 4.79 Å². The highest BCUT2D eigenvalue weighted by Crippen LogP contribution is 2.42. The van der Waals surface area contributed by atoms with E-state index in [1.165, 1.54) is 43.8 Å². The average Bonchev–Trinajstić information content (AvgIpc) is 3.27. The maximum Gasteiger partial charge on any atom is 0.307 e. The fraction of sp³-hybridized carbons (Fsp3) is 0.824. The molecule has 0 aliphatic heterocycles. The van der Waals surface area contributed by atoms with Crippen LogP contribution < -0.4 is 0 Å². The molecule has 0 aromatic carbocycles. The molecule has 0 bridgehead atoms. The van der Waals surface area contributed by atoms with E-state index in [9.17, 15) is 4.79 Å². The molecular weight excluding hydrogens is 529 g/mol. The molecule has 0 saturated carbocycles. The predicted octanol–water partition coefficient (Wildman–Crippen LogP) is 10.7. The molecule has 0 aromatic rings. The van der Waals surface area contributed by atoms with Gasteiger partial charge in [-0.15, -0.1) is 5.73 Å².